The smallest absolute Gasteiger partial charge is 0.325 e. The van der Waals surface area contributed by atoms with Crippen molar-refractivity contribution in [3.63, 3.8) is 0 Å². The monoisotopic (exact) mass is 361 g/mol. The van der Waals surface area contributed by atoms with Crippen LogP contribution in [0, 0.1) is 0 Å². The molecular formula is C22H35NO3. The van der Waals surface area contributed by atoms with Gasteiger partial charge in [-0.2, -0.15) is 0 Å². The minimum atomic E-state index is -0.347. The Morgan fingerprint density at radius 2 is 1.73 bits per heavy atom. The molecule has 1 rings (SSSR count). The van der Waals surface area contributed by atoms with Crippen molar-refractivity contribution in [1.82, 2.24) is 4.90 Å². The molecule has 0 aliphatic carbocycles. The van der Waals surface area contributed by atoms with E-state index in [2.05, 4.69) is 26.8 Å². The van der Waals surface area contributed by atoms with Gasteiger partial charge in [-0.1, -0.05) is 40.2 Å². The first-order valence-corrected chi connectivity index (χ1v) is 9.90. The van der Waals surface area contributed by atoms with Gasteiger partial charge in [0.1, 0.15) is 6.54 Å². The molecule has 0 radical (unpaired) electrons. The third-order valence-electron chi connectivity index (χ3n) is 4.40. The van der Waals surface area contributed by atoms with E-state index < -0.39 is 0 Å². The third kappa shape index (κ3) is 6.81. The van der Waals surface area contributed by atoms with Crippen molar-refractivity contribution in [2.24, 2.45) is 0 Å². The van der Waals surface area contributed by atoms with E-state index in [1.807, 2.05) is 32.9 Å². The summed E-state index contributed by atoms with van der Waals surface area (Å²) in [4.78, 5) is 26.7. The van der Waals surface area contributed by atoms with Crippen molar-refractivity contribution in [3.05, 3.63) is 34.9 Å². The molecule has 146 valence electrons. The molecule has 1 amide bonds. The topological polar surface area (TPSA) is 46.6 Å². The fourth-order valence-electron chi connectivity index (χ4n) is 2.76. The van der Waals surface area contributed by atoms with Gasteiger partial charge in [-0.3, -0.25) is 9.59 Å². The summed E-state index contributed by atoms with van der Waals surface area (Å²) in [5.74, 6) is -0.0982. The molecule has 0 atom stereocenters. The van der Waals surface area contributed by atoms with Crippen LogP contribution in [0.25, 0.3) is 0 Å². The number of hydrogen-bond acceptors (Lipinski definition) is 3. The average molecular weight is 362 g/mol. The second-order valence-corrected chi connectivity index (χ2v) is 7.47. The summed E-state index contributed by atoms with van der Waals surface area (Å²) < 4.78 is 5.16. The first-order chi connectivity index (χ1) is 12.3. The van der Waals surface area contributed by atoms with Crippen LogP contribution in [-0.2, 0) is 16.0 Å². The standard InChI is InChI=1S/C22H35NO3/c1-7-9-10-18-12-19(16(3)4)14-20(13-18)22(25)23(17(5)6)15-21(24)26-11-8-2/h12-14,16-17H,7-11,15H2,1-6H3. The molecule has 0 aromatic heterocycles. The van der Waals surface area contributed by atoms with Crippen LogP contribution in [0.4, 0.5) is 0 Å². The summed E-state index contributed by atoms with van der Waals surface area (Å²) in [6, 6.07) is 6.08. The summed E-state index contributed by atoms with van der Waals surface area (Å²) >= 11 is 0. The third-order valence-corrected chi connectivity index (χ3v) is 4.40. The van der Waals surface area contributed by atoms with E-state index in [0.29, 0.717) is 18.1 Å². The number of nitrogens with zero attached hydrogens (tertiary/aromatic N) is 1. The molecule has 0 bridgehead atoms. The molecule has 1 aromatic rings. The molecule has 0 N–H and O–H groups in total. The van der Waals surface area contributed by atoms with Crippen LogP contribution in [0.1, 0.15) is 88.2 Å². The number of carbonyl (C=O) groups is 2. The zero-order valence-electron chi connectivity index (χ0n) is 17.3. The largest absolute Gasteiger partial charge is 0.464 e. The normalized spacial score (nSPS) is 11.1. The first-order valence-electron chi connectivity index (χ1n) is 9.90. The van der Waals surface area contributed by atoms with Crippen LogP contribution in [0.3, 0.4) is 0 Å². The van der Waals surface area contributed by atoms with Crippen molar-refractivity contribution < 1.29 is 14.3 Å². The van der Waals surface area contributed by atoms with Crippen molar-refractivity contribution in [2.45, 2.75) is 79.2 Å². The number of carbonyl (C=O) groups excluding carboxylic acids is 2. The van der Waals surface area contributed by atoms with Crippen LogP contribution in [0.5, 0.6) is 0 Å². The van der Waals surface area contributed by atoms with E-state index in [4.69, 9.17) is 4.74 Å². The maximum Gasteiger partial charge on any atom is 0.325 e. The second kappa shape index (κ2) is 11.0. The van der Waals surface area contributed by atoms with Gasteiger partial charge in [-0.15, -0.1) is 0 Å². The Labute approximate surface area is 158 Å². The maximum absolute atomic E-state index is 13.1. The molecule has 0 spiro atoms. The van der Waals surface area contributed by atoms with Gasteiger partial charge in [-0.25, -0.2) is 0 Å². The molecule has 4 heteroatoms. The Hall–Kier alpha value is -1.84. The van der Waals surface area contributed by atoms with Gasteiger partial charge in [0.15, 0.2) is 0 Å². The lowest BCUT2D eigenvalue weighted by molar-refractivity contribution is -0.144. The lowest BCUT2D eigenvalue weighted by Crippen LogP contribution is -2.41. The van der Waals surface area contributed by atoms with Gasteiger partial charge in [0.2, 0.25) is 0 Å². The van der Waals surface area contributed by atoms with E-state index in [-0.39, 0.29) is 24.5 Å². The van der Waals surface area contributed by atoms with Crippen molar-refractivity contribution in [2.75, 3.05) is 13.2 Å². The van der Waals surface area contributed by atoms with E-state index in [1.54, 1.807) is 4.90 Å². The Morgan fingerprint density at radius 1 is 1.04 bits per heavy atom. The molecule has 0 aliphatic rings. The van der Waals surface area contributed by atoms with E-state index in [1.165, 1.54) is 11.1 Å². The predicted octanol–water partition coefficient (Wildman–Crippen LogP) is 4.96. The lowest BCUT2D eigenvalue weighted by atomic mass is 9.95. The number of rotatable bonds is 10. The average Bonchev–Trinajstić information content (AvgIpc) is 2.61. The molecule has 0 heterocycles. The molecule has 0 fully saturated rings. The maximum atomic E-state index is 13.1. The predicted molar refractivity (Wildman–Crippen MR) is 107 cm³/mol. The summed E-state index contributed by atoms with van der Waals surface area (Å²) in [6.45, 7) is 12.6. The molecule has 0 saturated heterocycles. The van der Waals surface area contributed by atoms with Crippen LogP contribution in [-0.4, -0.2) is 36.0 Å². The SMILES string of the molecule is CCCCc1cc(C(=O)N(CC(=O)OCCC)C(C)C)cc(C(C)C)c1. The highest BCUT2D eigenvalue weighted by Crippen LogP contribution is 2.21. The minimum Gasteiger partial charge on any atom is -0.464 e. The Bertz CT molecular complexity index is 593. The quantitative estimate of drug-likeness (QED) is 0.554. The fourth-order valence-corrected chi connectivity index (χ4v) is 2.76. The summed E-state index contributed by atoms with van der Waals surface area (Å²) in [5, 5.41) is 0. The van der Waals surface area contributed by atoms with Crippen molar-refractivity contribution in [1.29, 1.82) is 0 Å². The molecule has 0 unspecified atom stereocenters. The summed E-state index contributed by atoms with van der Waals surface area (Å²) in [7, 11) is 0. The number of amides is 1. The fraction of sp³-hybridized carbons (Fsp3) is 0.636. The number of esters is 1. The van der Waals surface area contributed by atoms with Gasteiger partial charge < -0.3 is 9.64 Å². The van der Waals surface area contributed by atoms with Crippen molar-refractivity contribution >= 4 is 11.9 Å². The molecular weight excluding hydrogens is 326 g/mol. The van der Waals surface area contributed by atoms with Crippen LogP contribution in [0.15, 0.2) is 18.2 Å². The Balaban J connectivity index is 3.09. The number of benzene rings is 1. The number of hydrogen-bond donors (Lipinski definition) is 0. The highest BCUT2D eigenvalue weighted by Gasteiger charge is 2.23. The number of ether oxygens (including phenoxy) is 1. The van der Waals surface area contributed by atoms with Gasteiger partial charge in [0.25, 0.3) is 5.91 Å². The van der Waals surface area contributed by atoms with Crippen LogP contribution in [0.2, 0.25) is 0 Å². The van der Waals surface area contributed by atoms with Gasteiger partial charge >= 0.3 is 5.97 Å². The van der Waals surface area contributed by atoms with Gasteiger partial charge in [0, 0.05) is 11.6 Å². The van der Waals surface area contributed by atoms with Crippen LogP contribution < -0.4 is 0 Å². The zero-order valence-corrected chi connectivity index (χ0v) is 17.3. The number of aryl methyl sites for hydroxylation is 1. The van der Waals surface area contributed by atoms with Crippen molar-refractivity contribution in [3.8, 4) is 0 Å². The van der Waals surface area contributed by atoms with E-state index in [9.17, 15) is 9.59 Å². The molecule has 4 nitrogen and oxygen atoms in total. The molecule has 1 aromatic carbocycles. The Kier molecular flexibility index (Phi) is 9.39. The van der Waals surface area contributed by atoms with E-state index in [0.717, 1.165) is 25.7 Å². The zero-order chi connectivity index (χ0) is 19.7. The summed E-state index contributed by atoms with van der Waals surface area (Å²) in [6.07, 6.45) is 3.97. The molecule has 26 heavy (non-hydrogen) atoms. The van der Waals surface area contributed by atoms with Crippen LogP contribution >= 0.6 is 0 Å². The van der Waals surface area contributed by atoms with Gasteiger partial charge in [-0.05, 0) is 62.3 Å². The van der Waals surface area contributed by atoms with Gasteiger partial charge in [0.05, 0.1) is 6.61 Å². The first kappa shape index (κ1) is 22.2. The highest BCUT2D eigenvalue weighted by atomic mass is 16.5. The lowest BCUT2D eigenvalue weighted by Gasteiger charge is -2.26. The Morgan fingerprint density at radius 3 is 2.27 bits per heavy atom. The highest BCUT2D eigenvalue weighted by molar-refractivity contribution is 5.96. The van der Waals surface area contributed by atoms with E-state index >= 15 is 0 Å². The minimum absolute atomic E-state index is 0.00724. The second-order valence-electron chi connectivity index (χ2n) is 7.47. The number of unbranched alkanes of at least 4 members (excludes halogenated alkanes) is 1. The molecule has 0 aliphatic heterocycles. The molecule has 0 saturated carbocycles. The summed E-state index contributed by atoms with van der Waals surface area (Å²) in [5.41, 5.74) is 3.03.